The number of hydrogen-bond acceptors (Lipinski definition) is 6. The van der Waals surface area contributed by atoms with Crippen molar-refractivity contribution in [2.75, 3.05) is 26.2 Å². The van der Waals surface area contributed by atoms with Crippen molar-refractivity contribution >= 4 is 27.0 Å². The van der Waals surface area contributed by atoms with Gasteiger partial charge in [0.05, 0.1) is 22.4 Å². The van der Waals surface area contributed by atoms with Crippen LogP contribution in [0.5, 0.6) is 0 Å². The molecule has 1 saturated heterocycles. The molecule has 8 nitrogen and oxygen atoms in total. The second kappa shape index (κ2) is 7.72. The predicted octanol–water partition coefficient (Wildman–Crippen LogP) is 2.70. The van der Waals surface area contributed by atoms with E-state index in [0.29, 0.717) is 41.4 Å². The van der Waals surface area contributed by atoms with Gasteiger partial charge in [-0.2, -0.15) is 4.31 Å². The molecule has 0 bridgehead atoms. The summed E-state index contributed by atoms with van der Waals surface area (Å²) in [6.07, 6.45) is 2.13. The highest BCUT2D eigenvalue weighted by molar-refractivity contribution is 7.88. The summed E-state index contributed by atoms with van der Waals surface area (Å²) >= 11 is 0. The zero-order valence-electron chi connectivity index (χ0n) is 17.3. The smallest absolute Gasteiger partial charge is 0.259 e. The summed E-state index contributed by atoms with van der Waals surface area (Å²) in [4.78, 5) is 19.6. The lowest BCUT2D eigenvalue weighted by Crippen LogP contribution is -2.50. The van der Waals surface area contributed by atoms with Crippen LogP contribution in [0, 0.1) is 6.92 Å². The summed E-state index contributed by atoms with van der Waals surface area (Å²) in [6, 6.07) is 11.0. The number of carbonyl (C=O) groups excluding carboxylic acids is 1. The number of sulfonamides is 1. The number of fused-ring (bicyclic) bond motifs is 1. The molecule has 1 aliphatic carbocycles. The van der Waals surface area contributed by atoms with Crippen LogP contribution in [0.15, 0.2) is 40.9 Å². The van der Waals surface area contributed by atoms with E-state index in [0.717, 1.165) is 24.1 Å². The summed E-state index contributed by atoms with van der Waals surface area (Å²) in [7, 11) is -3.43. The molecule has 2 fully saturated rings. The maximum atomic E-state index is 13.4. The van der Waals surface area contributed by atoms with E-state index in [9.17, 15) is 13.2 Å². The summed E-state index contributed by atoms with van der Waals surface area (Å²) in [5.74, 6) is 0.222. The van der Waals surface area contributed by atoms with Gasteiger partial charge < -0.3 is 9.42 Å². The van der Waals surface area contributed by atoms with Crippen molar-refractivity contribution in [3.05, 3.63) is 58.9 Å². The molecule has 1 amide bonds. The van der Waals surface area contributed by atoms with Gasteiger partial charge in [-0.15, -0.1) is 0 Å². The van der Waals surface area contributed by atoms with Gasteiger partial charge in [0.2, 0.25) is 10.0 Å². The SMILES string of the molecule is Cc1noc2nc(C3CC3)cc(C(=O)N3CCN(S(=O)(=O)Cc4ccccc4)CC3)c12. The molecule has 0 N–H and O–H groups in total. The number of pyridine rings is 1. The number of hydrogen-bond donors (Lipinski definition) is 0. The van der Waals surface area contributed by atoms with E-state index in [2.05, 4.69) is 10.1 Å². The molecular formula is C22H24N4O4S. The minimum Gasteiger partial charge on any atom is -0.336 e. The molecule has 31 heavy (non-hydrogen) atoms. The van der Waals surface area contributed by atoms with Gasteiger partial charge in [-0.1, -0.05) is 35.5 Å². The van der Waals surface area contributed by atoms with Crippen molar-refractivity contribution in [1.29, 1.82) is 0 Å². The van der Waals surface area contributed by atoms with Crippen LogP contribution in [0.25, 0.3) is 11.1 Å². The summed E-state index contributed by atoms with van der Waals surface area (Å²) in [5, 5.41) is 4.64. The molecule has 0 atom stereocenters. The fourth-order valence-corrected chi connectivity index (χ4v) is 5.60. The molecule has 1 aliphatic heterocycles. The van der Waals surface area contributed by atoms with Gasteiger partial charge in [0.25, 0.3) is 11.6 Å². The normalized spacial score (nSPS) is 17.9. The Labute approximate surface area is 180 Å². The minimum absolute atomic E-state index is 0.0304. The first-order valence-electron chi connectivity index (χ1n) is 10.5. The van der Waals surface area contributed by atoms with E-state index in [1.807, 2.05) is 36.4 Å². The van der Waals surface area contributed by atoms with E-state index in [1.54, 1.807) is 11.8 Å². The van der Waals surface area contributed by atoms with Crippen molar-refractivity contribution in [2.45, 2.75) is 31.4 Å². The van der Waals surface area contributed by atoms with Gasteiger partial charge in [-0.3, -0.25) is 4.79 Å². The van der Waals surface area contributed by atoms with Crippen LogP contribution in [0.2, 0.25) is 0 Å². The van der Waals surface area contributed by atoms with Crippen molar-refractivity contribution in [1.82, 2.24) is 19.3 Å². The van der Waals surface area contributed by atoms with Crippen molar-refractivity contribution in [3.8, 4) is 0 Å². The molecule has 3 aromatic rings. The number of aryl methyl sites for hydroxylation is 1. The average molecular weight is 441 g/mol. The van der Waals surface area contributed by atoms with Crippen LogP contribution in [0.3, 0.4) is 0 Å². The van der Waals surface area contributed by atoms with Gasteiger partial charge >= 0.3 is 0 Å². The molecule has 5 rings (SSSR count). The number of amides is 1. The van der Waals surface area contributed by atoms with Crippen molar-refractivity contribution in [2.24, 2.45) is 0 Å². The molecule has 9 heteroatoms. The van der Waals surface area contributed by atoms with E-state index in [-0.39, 0.29) is 24.7 Å². The lowest BCUT2D eigenvalue weighted by molar-refractivity contribution is 0.0699. The van der Waals surface area contributed by atoms with Gasteiger partial charge in [-0.05, 0) is 31.4 Å². The maximum Gasteiger partial charge on any atom is 0.259 e. The largest absolute Gasteiger partial charge is 0.336 e. The molecule has 0 unspecified atom stereocenters. The van der Waals surface area contributed by atoms with Gasteiger partial charge in [0.15, 0.2) is 0 Å². The third kappa shape index (κ3) is 3.95. The molecule has 3 heterocycles. The number of rotatable bonds is 5. The summed E-state index contributed by atoms with van der Waals surface area (Å²) < 4.78 is 32.4. The van der Waals surface area contributed by atoms with Crippen LogP contribution in [0.4, 0.5) is 0 Å². The molecule has 1 saturated carbocycles. The highest BCUT2D eigenvalue weighted by Crippen LogP contribution is 2.40. The highest BCUT2D eigenvalue weighted by Gasteiger charge is 2.33. The quantitative estimate of drug-likeness (QED) is 0.605. The number of carbonyl (C=O) groups is 1. The maximum absolute atomic E-state index is 13.4. The van der Waals surface area contributed by atoms with Crippen molar-refractivity contribution < 1.29 is 17.7 Å². The van der Waals surface area contributed by atoms with E-state index in [1.165, 1.54) is 4.31 Å². The third-order valence-electron chi connectivity index (χ3n) is 5.97. The molecule has 162 valence electrons. The average Bonchev–Trinajstić information content (AvgIpc) is 3.56. The highest BCUT2D eigenvalue weighted by atomic mass is 32.2. The Bertz CT molecular complexity index is 1230. The van der Waals surface area contributed by atoms with Crippen molar-refractivity contribution in [3.63, 3.8) is 0 Å². The van der Waals surface area contributed by atoms with Crippen LogP contribution >= 0.6 is 0 Å². The number of piperazine rings is 1. The predicted molar refractivity (Wildman–Crippen MR) is 115 cm³/mol. The van der Waals surface area contributed by atoms with Gasteiger partial charge in [0.1, 0.15) is 0 Å². The Kier molecular flexibility index (Phi) is 5.02. The third-order valence-corrected chi connectivity index (χ3v) is 7.82. The topological polar surface area (TPSA) is 96.6 Å². The fraction of sp³-hybridized carbons (Fsp3) is 0.409. The minimum atomic E-state index is -3.43. The second-order valence-electron chi connectivity index (χ2n) is 8.25. The Morgan fingerprint density at radius 3 is 2.52 bits per heavy atom. The molecule has 1 aromatic carbocycles. The summed E-state index contributed by atoms with van der Waals surface area (Å²) in [5.41, 5.74) is 3.21. The second-order valence-corrected chi connectivity index (χ2v) is 10.2. The zero-order chi connectivity index (χ0) is 21.6. The zero-order valence-corrected chi connectivity index (χ0v) is 18.1. The molecular weight excluding hydrogens is 416 g/mol. The first-order chi connectivity index (χ1) is 14.9. The van der Waals surface area contributed by atoms with E-state index < -0.39 is 10.0 Å². The standard InChI is InChI=1S/C22H24N4O4S/c1-15-20-18(13-19(17-7-8-17)23-21(20)30-24-15)22(27)25-9-11-26(12-10-25)31(28,29)14-16-5-3-2-4-6-16/h2-6,13,17H,7-12,14H2,1H3. The first-order valence-corrected chi connectivity index (χ1v) is 12.1. The number of benzene rings is 1. The summed E-state index contributed by atoms with van der Waals surface area (Å²) in [6.45, 7) is 3.06. The monoisotopic (exact) mass is 440 g/mol. The Morgan fingerprint density at radius 1 is 1.13 bits per heavy atom. The number of nitrogens with zero attached hydrogens (tertiary/aromatic N) is 4. The van der Waals surface area contributed by atoms with E-state index >= 15 is 0 Å². The number of aromatic nitrogens is 2. The molecule has 0 radical (unpaired) electrons. The molecule has 2 aliphatic rings. The van der Waals surface area contributed by atoms with Crippen LogP contribution in [-0.4, -0.2) is 59.8 Å². The lowest BCUT2D eigenvalue weighted by Gasteiger charge is -2.34. The van der Waals surface area contributed by atoms with Crippen LogP contribution in [0.1, 0.15) is 46.1 Å². The van der Waals surface area contributed by atoms with Crippen LogP contribution in [-0.2, 0) is 15.8 Å². The fourth-order valence-electron chi connectivity index (χ4n) is 4.09. The van der Waals surface area contributed by atoms with Crippen LogP contribution < -0.4 is 0 Å². The van der Waals surface area contributed by atoms with Gasteiger partial charge in [-0.25, -0.2) is 13.4 Å². The molecule has 2 aromatic heterocycles. The van der Waals surface area contributed by atoms with E-state index in [4.69, 9.17) is 4.52 Å². The Balaban J connectivity index is 1.33. The Hall–Kier alpha value is -2.78. The molecule has 0 spiro atoms. The first kappa shape index (κ1) is 20.1. The Morgan fingerprint density at radius 2 is 1.84 bits per heavy atom. The van der Waals surface area contributed by atoms with Gasteiger partial charge in [0, 0.05) is 37.8 Å². The lowest BCUT2D eigenvalue weighted by atomic mass is 10.1.